The molecule has 0 unspecified atom stereocenters. The highest BCUT2D eigenvalue weighted by molar-refractivity contribution is 5.31. The second-order valence-electron chi connectivity index (χ2n) is 5.71. The Morgan fingerprint density at radius 1 is 1.43 bits per heavy atom. The Morgan fingerprint density at radius 2 is 2.29 bits per heavy atom. The Morgan fingerprint density at radius 3 is 3.00 bits per heavy atom. The monoisotopic (exact) mass is 287 g/mol. The van der Waals surface area contributed by atoms with E-state index >= 15 is 0 Å². The van der Waals surface area contributed by atoms with Crippen LogP contribution >= 0.6 is 0 Å². The van der Waals surface area contributed by atoms with E-state index in [-0.39, 0.29) is 0 Å². The Balaban J connectivity index is 1.74. The van der Waals surface area contributed by atoms with E-state index in [1.54, 1.807) is 6.20 Å². The van der Waals surface area contributed by atoms with Gasteiger partial charge in [0.25, 0.3) is 0 Å². The summed E-state index contributed by atoms with van der Waals surface area (Å²) in [5.74, 6) is 2.27. The van der Waals surface area contributed by atoms with E-state index in [1.807, 2.05) is 19.1 Å². The van der Waals surface area contributed by atoms with Crippen molar-refractivity contribution in [3.63, 3.8) is 0 Å². The van der Waals surface area contributed by atoms with Crippen molar-refractivity contribution < 1.29 is 4.42 Å². The molecular weight excluding hydrogens is 266 g/mol. The van der Waals surface area contributed by atoms with Crippen molar-refractivity contribution >= 4 is 5.82 Å². The SMILES string of the molecule is Cc1nnc([C@H]2CCCN(Cc3ccnc(N)c3)[C@H]2C)o1. The lowest BCUT2D eigenvalue weighted by Crippen LogP contribution is -2.41. The summed E-state index contributed by atoms with van der Waals surface area (Å²) >= 11 is 0. The van der Waals surface area contributed by atoms with Gasteiger partial charge in [0.2, 0.25) is 11.8 Å². The molecule has 2 N–H and O–H groups in total. The molecule has 6 heteroatoms. The molecule has 1 saturated heterocycles. The zero-order chi connectivity index (χ0) is 14.8. The first-order valence-corrected chi connectivity index (χ1v) is 7.38. The van der Waals surface area contributed by atoms with Crippen molar-refractivity contribution in [2.24, 2.45) is 0 Å². The van der Waals surface area contributed by atoms with Crippen molar-refractivity contribution in [3.05, 3.63) is 35.7 Å². The van der Waals surface area contributed by atoms with Gasteiger partial charge < -0.3 is 10.2 Å². The molecule has 1 fully saturated rings. The third kappa shape index (κ3) is 3.05. The summed E-state index contributed by atoms with van der Waals surface area (Å²) in [5.41, 5.74) is 6.95. The topological polar surface area (TPSA) is 81.1 Å². The van der Waals surface area contributed by atoms with Crippen molar-refractivity contribution in [3.8, 4) is 0 Å². The fourth-order valence-electron chi connectivity index (χ4n) is 3.06. The minimum Gasteiger partial charge on any atom is -0.425 e. The fraction of sp³-hybridized carbons (Fsp3) is 0.533. The Labute approximate surface area is 124 Å². The molecule has 2 aromatic heterocycles. The van der Waals surface area contributed by atoms with Gasteiger partial charge >= 0.3 is 0 Å². The molecule has 6 nitrogen and oxygen atoms in total. The maximum atomic E-state index is 5.76. The number of hydrogen-bond acceptors (Lipinski definition) is 6. The van der Waals surface area contributed by atoms with Crippen molar-refractivity contribution in [2.45, 2.75) is 45.2 Å². The highest BCUT2D eigenvalue weighted by atomic mass is 16.4. The van der Waals surface area contributed by atoms with Gasteiger partial charge in [-0.1, -0.05) is 0 Å². The number of nitrogen functional groups attached to an aromatic ring is 1. The van der Waals surface area contributed by atoms with Crippen LogP contribution in [0.5, 0.6) is 0 Å². The summed E-state index contributed by atoms with van der Waals surface area (Å²) in [6, 6.07) is 4.32. The Kier molecular flexibility index (Phi) is 3.88. The third-order valence-electron chi connectivity index (χ3n) is 4.21. The van der Waals surface area contributed by atoms with Gasteiger partial charge in [-0.3, -0.25) is 4.90 Å². The average Bonchev–Trinajstić information content (AvgIpc) is 2.88. The fourth-order valence-corrected chi connectivity index (χ4v) is 3.06. The summed E-state index contributed by atoms with van der Waals surface area (Å²) in [7, 11) is 0. The van der Waals surface area contributed by atoms with E-state index in [4.69, 9.17) is 10.2 Å². The highest BCUT2D eigenvalue weighted by Gasteiger charge is 2.32. The number of piperidine rings is 1. The quantitative estimate of drug-likeness (QED) is 0.931. The molecule has 0 saturated carbocycles. The van der Waals surface area contributed by atoms with Gasteiger partial charge in [0, 0.05) is 25.7 Å². The largest absolute Gasteiger partial charge is 0.425 e. The van der Waals surface area contributed by atoms with Crippen molar-refractivity contribution in [2.75, 3.05) is 12.3 Å². The van der Waals surface area contributed by atoms with E-state index in [0.717, 1.165) is 31.8 Å². The van der Waals surface area contributed by atoms with Crippen LogP contribution in [0.1, 0.15) is 43.0 Å². The van der Waals surface area contributed by atoms with Crippen molar-refractivity contribution in [1.29, 1.82) is 0 Å². The second-order valence-corrected chi connectivity index (χ2v) is 5.71. The lowest BCUT2D eigenvalue weighted by Gasteiger charge is -2.37. The number of rotatable bonds is 3. The average molecular weight is 287 g/mol. The van der Waals surface area contributed by atoms with Gasteiger partial charge in [-0.2, -0.15) is 0 Å². The molecule has 0 radical (unpaired) electrons. The van der Waals surface area contributed by atoms with Gasteiger partial charge in [0.15, 0.2) is 0 Å². The third-order valence-corrected chi connectivity index (χ3v) is 4.21. The summed E-state index contributed by atoms with van der Waals surface area (Å²) in [5, 5.41) is 8.16. The summed E-state index contributed by atoms with van der Waals surface area (Å²) in [6.07, 6.45) is 3.99. The van der Waals surface area contributed by atoms with Gasteiger partial charge in [-0.05, 0) is 44.0 Å². The van der Waals surface area contributed by atoms with Crippen LogP contribution in [0.2, 0.25) is 0 Å². The lowest BCUT2D eigenvalue weighted by molar-refractivity contribution is 0.119. The van der Waals surface area contributed by atoms with Crippen LogP contribution in [-0.2, 0) is 6.54 Å². The van der Waals surface area contributed by atoms with Gasteiger partial charge in [-0.25, -0.2) is 4.98 Å². The molecule has 0 aromatic carbocycles. The van der Waals surface area contributed by atoms with Crippen LogP contribution in [0.15, 0.2) is 22.7 Å². The van der Waals surface area contributed by atoms with Crippen LogP contribution in [0.4, 0.5) is 5.82 Å². The molecule has 3 rings (SSSR count). The van der Waals surface area contributed by atoms with Crippen LogP contribution < -0.4 is 5.73 Å². The standard InChI is InChI=1S/C15H21N5O/c1-10-13(15-19-18-11(2)21-15)4-3-7-20(10)9-12-5-6-17-14(16)8-12/h5-6,8,10,13H,3-4,7,9H2,1-2H3,(H2,16,17)/t10-,13-/m0/s1. The summed E-state index contributed by atoms with van der Waals surface area (Å²) in [4.78, 5) is 6.49. The first-order chi connectivity index (χ1) is 10.1. The number of aryl methyl sites for hydroxylation is 1. The number of anilines is 1. The van der Waals surface area contributed by atoms with E-state index < -0.39 is 0 Å². The molecule has 0 bridgehead atoms. The normalized spacial score (nSPS) is 23.3. The number of nitrogens with two attached hydrogens (primary N) is 1. The maximum Gasteiger partial charge on any atom is 0.221 e. The van der Waals surface area contributed by atoms with Gasteiger partial charge in [0.05, 0.1) is 5.92 Å². The number of nitrogens with zero attached hydrogens (tertiary/aromatic N) is 4. The molecule has 21 heavy (non-hydrogen) atoms. The molecule has 0 aliphatic carbocycles. The van der Waals surface area contributed by atoms with Gasteiger partial charge in [0.1, 0.15) is 5.82 Å². The summed E-state index contributed by atoms with van der Waals surface area (Å²) in [6.45, 7) is 6.01. The molecule has 3 heterocycles. The smallest absolute Gasteiger partial charge is 0.221 e. The Hall–Kier alpha value is -1.95. The van der Waals surface area contributed by atoms with E-state index in [2.05, 4.69) is 27.0 Å². The van der Waals surface area contributed by atoms with Crippen LogP contribution in [-0.4, -0.2) is 32.7 Å². The summed E-state index contributed by atoms with van der Waals surface area (Å²) < 4.78 is 5.63. The molecule has 0 amide bonds. The minimum atomic E-state index is 0.305. The van der Waals surface area contributed by atoms with Crippen LogP contribution in [0, 0.1) is 6.92 Å². The van der Waals surface area contributed by atoms with Crippen LogP contribution in [0.25, 0.3) is 0 Å². The van der Waals surface area contributed by atoms with Gasteiger partial charge in [-0.15, -0.1) is 10.2 Å². The maximum absolute atomic E-state index is 5.76. The van der Waals surface area contributed by atoms with Crippen molar-refractivity contribution in [1.82, 2.24) is 20.1 Å². The number of pyridine rings is 1. The molecule has 2 atom stereocenters. The Bertz CT molecular complexity index is 612. The zero-order valence-electron chi connectivity index (χ0n) is 12.5. The van der Waals surface area contributed by atoms with E-state index in [0.29, 0.717) is 23.7 Å². The molecule has 112 valence electrons. The van der Waals surface area contributed by atoms with Crippen LogP contribution in [0.3, 0.4) is 0 Å². The zero-order valence-corrected chi connectivity index (χ0v) is 12.5. The number of aromatic nitrogens is 3. The minimum absolute atomic E-state index is 0.305. The molecular formula is C15H21N5O. The highest BCUT2D eigenvalue weighted by Crippen LogP contribution is 2.32. The number of hydrogen-bond donors (Lipinski definition) is 1. The first kappa shape index (κ1) is 14.0. The predicted octanol–water partition coefficient (Wildman–Crippen LogP) is 2.12. The number of likely N-dealkylation sites (tertiary alicyclic amines) is 1. The molecule has 1 aliphatic rings. The first-order valence-electron chi connectivity index (χ1n) is 7.38. The predicted molar refractivity (Wildman–Crippen MR) is 79.5 cm³/mol. The molecule has 0 spiro atoms. The lowest BCUT2D eigenvalue weighted by atomic mass is 9.90. The molecule has 1 aliphatic heterocycles. The second kappa shape index (κ2) is 5.81. The molecule has 2 aromatic rings. The van der Waals surface area contributed by atoms with E-state index in [9.17, 15) is 0 Å². The van der Waals surface area contributed by atoms with E-state index in [1.165, 1.54) is 5.56 Å².